The molecule has 4 unspecified atom stereocenters. The van der Waals surface area contributed by atoms with Gasteiger partial charge in [0.2, 0.25) is 11.8 Å². The van der Waals surface area contributed by atoms with E-state index in [0.29, 0.717) is 44.7 Å². The Labute approximate surface area is 287 Å². The van der Waals surface area contributed by atoms with Gasteiger partial charge in [0.05, 0.1) is 42.3 Å². The van der Waals surface area contributed by atoms with Gasteiger partial charge in [0.25, 0.3) is 0 Å². The van der Waals surface area contributed by atoms with Crippen molar-refractivity contribution in [3.05, 3.63) is 68.7 Å². The number of aliphatic hydroxyl groups is 3. The standard InChI is InChI=1S/C36H48Cl2N2O7/c1-3-4-5-6-7-8-9-10-11-12-31(43)40(21-23-13-14-27(37)28(38)18-23)29-20-26(36(45)39-15-16-41)32-25-17-24(22-42)19-30(46-2)34(25)47-35(32)33(29)44/h13-14,17-20,29,32-33,35,41-42,44H,3-12,15-16,21-22H2,1-2H3,(H,39,45). The number of benzene rings is 2. The van der Waals surface area contributed by atoms with Gasteiger partial charge in [-0.1, -0.05) is 87.6 Å². The summed E-state index contributed by atoms with van der Waals surface area (Å²) >= 11 is 12.5. The van der Waals surface area contributed by atoms with Crippen molar-refractivity contribution >= 4 is 35.0 Å². The van der Waals surface area contributed by atoms with Crippen LogP contribution >= 0.6 is 23.2 Å². The van der Waals surface area contributed by atoms with E-state index < -0.39 is 30.1 Å². The third-order valence-corrected chi connectivity index (χ3v) is 9.75. The van der Waals surface area contributed by atoms with E-state index in [1.165, 1.54) is 39.2 Å². The highest BCUT2D eigenvalue weighted by atomic mass is 35.5. The number of methoxy groups -OCH3 is 1. The molecular weight excluding hydrogens is 643 g/mol. The topological polar surface area (TPSA) is 129 Å². The Hall–Kier alpha value is -2.82. The first-order chi connectivity index (χ1) is 22.7. The number of hydrogen-bond acceptors (Lipinski definition) is 7. The molecule has 2 aliphatic rings. The number of ether oxygens (including phenoxy) is 2. The summed E-state index contributed by atoms with van der Waals surface area (Å²) < 4.78 is 11.9. The number of rotatable bonds is 18. The number of halogens is 2. The van der Waals surface area contributed by atoms with Crippen LogP contribution in [0, 0.1) is 0 Å². The van der Waals surface area contributed by atoms with Crippen molar-refractivity contribution in [2.24, 2.45) is 0 Å². The summed E-state index contributed by atoms with van der Waals surface area (Å²) in [6.45, 7) is 1.85. The van der Waals surface area contributed by atoms with Crippen molar-refractivity contribution in [3.63, 3.8) is 0 Å². The Morgan fingerprint density at radius 2 is 1.66 bits per heavy atom. The Bertz CT molecular complexity index is 1400. The fourth-order valence-electron chi connectivity index (χ4n) is 6.54. The van der Waals surface area contributed by atoms with Crippen molar-refractivity contribution < 1.29 is 34.4 Å². The summed E-state index contributed by atoms with van der Waals surface area (Å²) in [4.78, 5) is 29.2. The first-order valence-corrected chi connectivity index (χ1v) is 17.5. The molecule has 4 N–H and O–H groups in total. The van der Waals surface area contributed by atoms with Gasteiger partial charge in [-0.15, -0.1) is 0 Å². The van der Waals surface area contributed by atoms with Gasteiger partial charge in [0.15, 0.2) is 11.5 Å². The van der Waals surface area contributed by atoms with E-state index in [2.05, 4.69) is 12.2 Å². The second-order valence-corrected chi connectivity index (χ2v) is 13.2. The van der Waals surface area contributed by atoms with Gasteiger partial charge in [-0.05, 0) is 47.9 Å². The number of amides is 2. The van der Waals surface area contributed by atoms with Crippen LogP contribution in [-0.4, -0.2) is 70.5 Å². The Kier molecular flexibility index (Phi) is 14.2. The van der Waals surface area contributed by atoms with E-state index in [1.807, 2.05) is 0 Å². The highest BCUT2D eigenvalue weighted by Gasteiger charge is 2.51. The number of unbranched alkanes of at least 4 members (excludes halogenated alkanes) is 8. The van der Waals surface area contributed by atoms with Crippen LogP contribution in [0.15, 0.2) is 42.0 Å². The molecule has 2 amide bonds. The van der Waals surface area contributed by atoms with Crippen LogP contribution in [0.5, 0.6) is 11.5 Å². The Morgan fingerprint density at radius 3 is 2.30 bits per heavy atom. The molecule has 2 aromatic carbocycles. The first kappa shape index (κ1) is 37.0. The quantitative estimate of drug-likeness (QED) is 0.140. The molecule has 9 nitrogen and oxygen atoms in total. The minimum Gasteiger partial charge on any atom is -0.493 e. The summed E-state index contributed by atoms with van der Waals surface area (Å²) in [7, 11) is 1.48. The lowest BCUT2D eigenvalue weighted by Crippen LogP contribution is -2.55. The molecule has 0 saturated carbocycles. The van der Waals surface area contributed by atoms with Gasteiger partial charge in [0.1, 0.15) is 12.2 Å². The van der Waals surface area contributed by atoms with Crippen molar-refractivity contribution in [1.82, 2.24) is 10.2 Å². The van der Waals surface area contributed by atoms with Crippen molar-refractivity contribution in [3.8, 4) is 11.5 Å². The molecule has 0 aromatic heterocycles. The molecule has 4 atom stereocenters. The van der Waals surface area contributed by atoms with Crippen molar-refractivity contribution in [2.45, 2.75) is 108 Å². The maximum Gasteiger partial charge on any atom is 0.247 e. The minimum atomic E-state index is -1.21. The molecule has 2 aromatic rings. The zero-order chi connectivity index (χ0) is 33.9. The van der Waals surface area contributed by atoms with Crippen LogP contribution in [-0.2, 0) is 22.7 Å². The molecule has 0 spiro atoms. The van der Waals surface area contributed by atoms with Gasteiger partial charge >= 0.3 is 0 Å². The maximum atomic E-state index is 14.0. The number of aliphatic hydroxyl groups excluding tert-OH is 3. The zero-order valence-corrected chi connectivity index (χ0v) is 28.9. The van der Waals surface area contributed by atoms with Gasteiger partial charge in [-0.3, -0.25) is 9.59 Å². The second kappa shape index (κ2) is 18.1. The third kappa shape index (κ3) is 9.21. The Morgan fingerprint density at radius 1 is 0.957 bits per heavy atom. The summed E-state index contributed by atoms with van der Waals surface area (Å²) in [5.74, 6) is -0.569. The predicted octanol–water partition coefficient (Wildman–Crippen LogP) is 6.07. The molecule has 47 heavy (non-hydrogen) atoms. The average Bonchev–Trinajstić information content (AvgIpc) is 3.47. The lowest BCUT2D eigenvalue weighted by atomic mass is 9.77. The summed E-state index contributed by atoms with van der Waals surface area (Å²) in [5, 5.41) is 34.7. The SMILES string of the molecule is CCCCCCCCCCCC(=O)N(Cc1ccc(Cl)c(Cl)c1)C1C=C(C(=O)NCCO)C2c3cc(CO)cc(OC)c3OC2C1O. The maximum absolute atomic E-state index is 14.0. The molecule has 1 aliphatic carbocycles. The predicted molar refractivity (Wildman–Crippen MR) is 183 cm³/mol. The fraction of sp³-hybridized carbons (Fsp3) is 0.556. The van der Waals surface area contributed by atoms with Crippen molar-refractivity contribution in [1.29, 1.82) is 0 Å². The molecule has 0 radical (unpaired) electrons. The number of nitrogens with one attached hydrogen (secondary N) is 1. The molecule has 0 fully saturated rings. The lowest BCUT2D eigenvalue weighted by Gasteiger charge is -2.41. The average molecular weight is 692 g/mol. The van der Waals surface area contributed by atoms with Gasteiger partial charge in [0, 0.05) is 30.6 Å². The van der Waals surface area contributed by atoms with Crippen LogP contribution in [0.4, 0.5) is 0 Å². The molecule has 258 valence electrons. The van der Waals surface area contributed by atoms with Gasteiger partial charge < -0.3 is 35.0 Å². The largest absolute Gasteiger partial charge is 0.493 e. The third-order valence-electron chi connectivity index (χ3n) is 9.01. The number of nitrogens with zero attached hydrogens (tertiary/aromatic N) is 1. The Balaban J connectivity index is 1.64. The second-order valence-electron chi connectivity index (χ2n) is 12.4. The molecule has 11 heteroatoms. The molecule has 1 aliphatic heterocycles. The smallest absolute Gasteiger partial charge is 0.247 e. The number of hydrogen-bond donors (Lipinski definition) is 4. The summed E-state index contributed by atoms with van der Waals surface area (Å²) in [6.07, 6.45) is 9.82. The summed E-state index contributed by atoms with van der Waals surface area (Å²) in [6, 6.07) is 7.63. The van der Waals surface area contributed by atoms with E-state index in [-0.39, 0.29) is 38.6 Å². The molecule has 0 saturated heterocycles. The van der Waals surface area contributed by atoms with E-state index >= 15 is 0 Å². The number of carbonyl (C=O) groups is 2. The number of carbonyl (C=O) groups excluding carboxylic acids is 2. The minimum absolute atomic E-state index is 0.0268. The van der Waals surface area contributed by atoms with Crippen LogP contribution in [0.3, 0.4) is 0 Å². The van der Waals surface area contributed by atoms with E-state index in [0.717, 1.165) is 24.8 Å². The van der Waals surface area contributed by atoms with E-state index in [9.17, 15) is 24.9 Å². The first-order valence-electron chi connectivity index (χ1n) is 16.7. The van der Waals surface area contributed by atoms with E-state index in [4.69, 9.17) is 32.7 Å². The monoisotopic (exact) mass is 690 g/mol. The lowest BCUT2D eigenvalue weighted by molar-refractivity contribution is -0.138. The number of fused-ring (bicyclic) bond motifs is 3. The summed E-state index contributed by atoms with van der Waals surface area (Å²) in [5.41, 5.74) is 2.18. The van der Waals surface area contributed by atoms with Crippen LogP contribution in [0.1, 0.15) is 93.7 Å². The van der Waals surface area contributed by atoms with Crippen LogP contribution in [0.25, 0.3) is 0 Å². The van der Waals surface area contributed by atoms with E-state index in [1.54, 1.807) is 41.3 Å². The molecular formula is C36H48Cl2N2O7. The van der Waals surface area contributed by atoms with Gasteiger partial charge in [-0.25, -0.2) is 0 Å². The molecule has 0 bridgehead atoms. The fourth-order valence-corrected chi connectivity index (χ4v) is 6.86. The normalized spacial score (nSPS) is 19.8. The van der Waals surface area contributed by atoms with Crippen LogP contribution in [0.2, 0.25) is 10.0 Å². The highest BCUT2D eigenvalue weighted by Crippen LogP contribution is 2.51. The molecule has 1 heterocycles. The van der Waals surface area contributed by atoms with Gasteiger partial charge in [-0.2, -0.15) is 0 Å². The highest BCUT2D eigenvalue weighted by molar-refractivity contribution is 6.42. The van der Waals surface area contributed by atoms with Crippen molar-refractivity contribution in [2.75, 3.05) is 20.3 Å². The van der Waals surface area contributed by atoms with Crippen LogP contribution < -0.4 is 14.8 Å². The zero-order valence-electron chi connectivity index (χ0n) is 27.4. The molecule has 4 rings (SSSR count).